The second kappa shape index (κ2) is 6.45. The van der Waals surface area contributed by atoms with Gasteiger partial charge in [-0.3, -0.25) is 0 Å². The first-order valence-corrected chi connectivity index (χ1v) is 6.06. The molecule has 0 unspecified atom stereocenters. The Kier molecular flexibility index (Phi) is 4.37. The third-order valence-corrected chi connectivity index (χ3v) is 2.69. The number of nitrogens with one attached hydrogen (secondary N) is 1. The quantitative estimate of drug-likeness (QED) is 0.772. The van der Waals surface area contributed by atoms with Crippen molar-refractivity contribution >= 4 is 17.8 Å². The Morgan fingerprint density at radius 1 is 0.722 bits per heavy atom. The molecule has 0 radical (unpaired) electrons. The van der Waals surface area contributed by atoms with E-state index in [0.29, 0.717) is 0 Å². The van der Waals surface area contributed by atoms with E-state index in [0.717, 1.165) is 5.69 Å². The molecule has 0 atom stereocenters. The molecule has 0 saturated heterocycles. The van der Waals surface area contributed by atoms with Gasteiger partial charge in [-0.15, -0.1) is 0 Å². The Hall–Kier alpha value is -2.28. The van der Waals surface area contributed by atoms with E-state index in [1.165, 1.54) is 11.1 Å². The molecule has 0 aliphatic heterocycles. The summed E-state index contributed by atoms with van der Waals surface area (Å²) >= 11 is 0. The van der Waals surface area contributed by atoms with Crippen molar-refractivity contribution in [3.8, 4) is 0 Å². The molecule has 18 heavy (non-hydrogen) atoms. The van der Waals surface area contributed by atoms with Gasteiger partial charge < -0.3 is 5.32 Å². The van der Waals surface area contributed by atoms with Crippen molar-refractivity contribution in [2.75, 3.05) is 12.4 Å². The van der Waals surface area contributed by atoms with Crippen molar-refractivity contribution in [1.29, 1.82) is 0 Å². The van der Waals surface area contributed by atoms with E-state index >= 15 is 0 Å². The predicted octanol–water partition coefficient (Wildman–Crippen LogP) is 4.45. The third-order valence-electron chi connectivity index (χ3n) is 2.69. The molecule has 1 N–H and O–H groups in total. The first-order chi connectivity index (χ1) is 8.88. The number of hydrogen-bond donors (Lipinski definition) is 1. The largest absolute Gasteiger partial charge is 0.388 e. The number of allylic oxidation sites excluding steroid dienone is 2. The molecule has 0 saturated carbocycles. The summed E-state index contributed by atoms with van der Waals surface area (Å²) in [6, 6.07) is 18.6. The monoisotopic (exact) mass is 235 g/mol. The lowest BCUT2D eigenvalue weighted by atomic mass is 10.2. The maximum Gasteiger partial charge on any atom is 0.0337 e. The zero-order valence-corrected chi connectivity index (χ0v) is 10.5. The van der Waals surface area contributed by atoms with E-state index in [-0.39, 0.29) is 0 Å². The van der Waals surface area contributed by atoms with E-state index in [1.807, 2.05) is 25.2 Å². The van der Waals surface area contributed by atoms with E-state index < -0.39 is 0 Å². The van der Waals surface area contributed by atoms with Crippen molar-refractivity contribution in [2.24, 2.45) is 0 Å². The van der Waals surface area contributed by atoms with Crippen molar-refractivity contribution in [2.45, 2.75) is 0 Å². The van der Waals surface area contributed by atoms with Crippen LogP contribution < -0.4 is 5.32 Å². The molecule has 0 aliphatic rings. The summed E-state index contributed by atoms with van der Waals surface area (Å²) in [7, 11) is 1.92. The smallest absolute Gasteiger partial charge is 0.0337 e. The summed E-state index contributed by atoms with van der Waals surface area (Å²) in [6.07, 6.45) is 8.31. The molecule has 90 valence electrons. The highest BCUT2D eigenvalue weighted by Gasteiger charge is 1.87. The fourth-order valence-electron chi connectivity index (χ4n) is 1.66. The minimum atomic E-state index is 1.13. The van der Waals surface area contributed by atoms with Crippen LogP contribution in [0.15, 0.2) is 66.7 Å². The van der Waals surface area contributed by atoms with Gasteiger partial charge in [-0.2, -0.15) is 0 Å². The highest BCUT2D eigenvalue weighted by molar-refractivity contribution is 5.59. The second-order valence-corrected chi connectivity index (χ2v) is 4.00. The molecule has 1 heteroatoms. The highest BCUT2D eigenvalue weighted by atomic mass is 14.8. The van der Waals surface area contributed by atoms with Crippen LogP contribution in [-0.4, -0.2) is 7.05 Å². The predicted molar refractivity (Wildman–Crippen MR) is 80.5 cm³/mol. The molecule has 2 aromatic carbocycles. The first kappa shape index (κ1) is 12.2. The van der Waals surface area contributed by atoms with Gasteiger partial charge in [0, 0.05) is 12.7 Å². The molecule has 2 aromatic rings. The van der Waals surface area contributed by atoms with Crippen molar-refractivity contribution in [1.82, 2.24) is 0 Å². The SMILES string of the molecule is CNc1ccc(C=CC=Cc2ccccc2)cc1. The standard InChI is InChI=1S/C17H17N/c1-18-17-13-11-16(12-14-17)10-6-5-9-15-7-3-2-4-8-15/h2-14,18H,1H3. The minimum Gasteiger partial charge on any atom is -0.388 e. The summed E-state index contributed by atoms with van der Waals surface area (Å²) in [4.78, 5) is 0. The lowest BCUT2D eigenvalue weighted by Crippen LogP contribution is -1.86. The van der Waals surface area contributed by atoms with Crippen molar-refractivity contribution in [3.63, 3.8) is 0 Å². The van der Waals surface area contributed by atoms with Crippen molar-refractivity contribution < 1.29 is 0 Å². The number of hydrogen-bond acceptors (Lipinski definition) is 1. The third kappa shape index (κ3) is 3.63. The fourth-order valence-corrected chi connectivity index (χ4v) is 1.66. The Labute approximate surface area is 108 Å². The van der Waals surface area contributed by atoms with Crippen LogP contribution in [0.2, 0.25) is 0 Å². The Bertz CT molecular complexity index is 521. The van der Waals surface area contributed by atoms with Crippen LogP contribution in [0, 0.1) is 0 Å². The van der Waals surface area contributed by atoms with Gasteiger partial charge in [-0.05, 0) is 23.3 Å². The highest BCUT2D eigenvalue weighted by Crippen LogP contribution is 2.10. The summed E-state index contributed by atoms with van der Waals surface area (Å²) in [6.45, 7) is 0. The van der Waals surface area contributed by atoms with E-state index in [4.69, 9.17) is 0 Å². The Balaban J connectivity index is 1.96. The van der Waals surface area contributed by atoms with Crippen LogP contribution in [0.3, 0.4) is 0 Å². The van der Waals surface area contributed by atoms with Crippen LogP contribution in [-0.2, 0) is 0 Å². The average molecular weight is 235 g/mol. The molecule has 0 aromatic heterocycles. The van der Waals surface area contributed by atoms with Crippen LogP contribution in [0.4, 0.5) is 5.69 Å². The Morgan fingerprint density at radius 2 is 1.28 bits per heavy atom. The summed E-state index contributed by atoms with van der Waals surface area (Å²) < 4.78 is 0. The molecular formula is C17H17N. The lowest BCUT2D eigenvalue weighted by molar-refractivity contribution is 1.51. The second-order valence-electron chi connectivity index (χ2n) is 4.00. The van der Waals surface area contributed by atoms with Gasteiger partial charge in [0.25, 0.3) is 0 Å². The van der Waals surface area contributed by atoms with E-state index in [9.17, 15) is 0 Å². The molecule has 0 aliphatic carbocycles. The topological polar surface area (TPSA) is 12.0 Å². The Morgan fingerprint density at radius 3 is 1.83 bits per heavy atom. The van der Waals surface area contributed by atoms with Crippen LogP contribution in [0.1, 0.15) is 11.1 Å². The van der Waals surface area contributed by atoms with Gasteiger partial charge in [-0.1, -0.05) is 66.8 Å². The maximum absolute atomic E-state index is 3.10. The molecule has 0 amide bonds. The van der Waals surface area contributed by atoms with Gasteiger partial charge >= 0.3 is 0 Å². The van der Waals surface area contributed by atoms with E-state index in [2.05, 4.69) is 66.0 Å². The number of anilines is 1. The molecule has 0 bridgehead atoms. The van der Waals surface area contributed by atoms with Gasteiger partial charge in [0.15, 0.2) is 0 Å². The van der Waals surface area contributed by atoms with Gasteiger partial charge in [0.2, 0.25) is 0 Å². The summed E-state index contributed by atoms with van der Waals surface area (Å²) in [5, 5.41) is 3.10. The first-order valence-electron chi connectivity index (χ1n) is 6.06. The molecule has 0 fully saturated rings. The number of benzene rings is 2. The maximum atomic E-state index is 3.10. The summed E-state index contributed by atoms with van der Waals surface area (Å²) in [5.74, 6) is 0. The van der Waals surface area contributed by atoms with Crippen LogP contribution in [0.25, 0.3) is 12.2 Å². The van der Waals surface area contributed by atoms with Gasteiger partial charge in [0.1, 0.15) is 0 Å². The van der Waals surface area contributed by atoms with Crippen molar-refractivity contribution in [3.05, 3.63) is 77.9 Å². The normalized spacial score (nSPS) is 11.2. The zero-order chi connectivity index (χ0) is 12.6. The molecule has 0 spiro atoms. The molecule has 0 heterocycles. The zero-order valence-electron chi connectivity index (χ0n) is 10.5. The fraction of sp³-hybridized carbons (Fsp3) is 0.0588. The average Bonchev–Trinajstić information content (AvgIpc) is 2.45. The molecule has 1 nitrogen and oxygen atoms in total. The molecular weight excluding hydrogens is 218 g/mol. The summed E-state index contributed by atoms with van der Waals surface area (Å²) in [5.41, 5.74) is 3.55. The molecule has 2 rings (SSSR count). The lowest BCUT2D eigenvalue weighted by Gasteiger charge is -1.98. The number of rotatable bonds is 4. The van der Waals surface area contributed by atoms with Gasteiger partial charge in [-0.25, -0.2) is 0 Å². The minimum absolute atomic E-state index is 1.13. The van der Waals surface area contributed by atoms with Gasteiger partial charge in [0.05, 0.1) is 0 Å². The van der Waals surface area contributed by atoms with Crippen LogP contribution in [0.5, 0.6) is 0 Å². The van der Waals surface area contributed by atoms with Crippen LogP contribution >= 0.6 is 0 Å². The van der Waals surface area contributed by atoms with E-state index in [1.54, 1.807) is 0 Å².